The highest BCUT2D eigenvalue weighted by atomic mass is 16.5. The fraction of sp³-hybridized carbons (Fsp3) is 0.471. The molecule has 128 valence electrons. The van der Waals surface area contributed by atoms with Crippen LogP contribution in [0.3, 0.4) is 0 Å². The molecule has 0 fully saturated rings. The first-order chi connectivity index (χ1) is 11.6. The molecule has 1 aromatic heterocycles. The first-order valence-electron chi connectivity index (χ1n) is 8.00. The van der Waals surface area contributed by atoms with Crippen LogP contribution in [-0.4, -0.2) is 58.2 Å². The van der Waals surface area contributed by atoms with Gasteiger partial charge in [0, 0.05) is 27.2 Å². The van der Waals surface area contributed by atoms with E-state index in [9.17, 15) is 4.79 Å². The van der Waals surface area contributed by atoms with Gasteiger partial charge in [-0.1, -0.05) is 12.1 Å². The predicted octanol–water partition coefficient (Wildman–Crippen LogP) is 1.01. The summed E-state index contributed by atoms with van der Waals surface area (Å²) in [5.41, 5.74) is 1.15. The Balaban J connectivity index is 1.82. The van der Waals surface area contributed by atoms with E-state index in [-0.39, 0.29) is 11.8 Å². The third-order valence-corrected chi connectivity index (χ3v) is 4.26. The number of amides is 1. The lowest BCUT2D eigenvalue weighted by Gasteiger charge is -2.25. The zero-order chi connectivity index (χ0) is 17.1. The monoisotopic (exact) mass is 329 g/mol. The molecule has 0 saturated carbocycles. The van der Waals surface area contributed by atoms with Crippen LogP contribution in [0.1, 0.15) is 11.4 Å². The summed E-state index contributed by atoms with van der Waals surface area (Å²) in [4.78, 5) is 20.7. The highest BCUT2D eigenvalue weighted by molar-refractivity contribution is 5.78. The van der Waals surface area contributed by atoms with Crippen molar-refractivity contribution in [3.8, 4) is 5.75 Å². The van der Waals surface area contributed by atoms with Crippen LogP contribution in [0, 0.1) is 5.92 Å². The van der Waals surface area contributed by atoms with Gasteiger partial charge in [-0.15, -0.1) is 0 Å². The average molecular weight is 329 g/mol. The van der Waals surface area contributed by atoms with E-state index < -0.39 is 0 Å². The van der Waals surface area contributed by atoms with Gasteiger partial charge in [-0.3, -0.25) is 9.69 Å². The van der Waals surface area contributed by atoms with Gasteiger partial charge in [0.1, 0.15) is 17.9 Å². The van der Waals surface area contributed by atoms with Crippen LogP contribution in [0.15, 0.2) is 30.6 Å². The molecular formula is C17H23N5O2. The van der Waals surface area contributed by atoms with Gasteiger partial charge in [-0.25, -0.2) is 9.67 Å². The summed E-state index contributed by atoms with van der Waals surface area (Å²) in [7, 11) is 5.25. The number of aromatic nitrogens is 3. The Morgan fingerprint density at radius 2 is 2.21 bits per heavy atom. The molecule has 0 N–H and O–H groups in total. The molecule has 0 spiro atoms. The molecule has 24 heavy (non-hydrogen) atoms. The van der Waals surface area contributed by atoms with E-state index in [4.69, 9.17) is 4.74 Å². The van der Waals surface area contributed by atoms with Crippen molar-refractivity contribution >= 4 is 5.91 Å². The number of carbonyl (C=O) groups excluding carboxylic acids is 1. The number of fused-ring (bicyclic) bond motifs is 1. The summed E-state index contributed by atoms with van der Waals surface area (Å²) in [6, 6.07) is 8.01. The molecule has 2 heterocycles. The van der Waals surface area contributed by atoms with E-state index in [1.54, 1.807) is 32.4 Å². The minimum Gasteiger partial charge on any atom is -0.497 e. The maximum atomic E-state index is 12.5. The van der Waals surface area contributed by atoms with Crippen molar-refractivity contribution in [2.75, 3.05) is 27.7 Å². The van der Waals surface area contributed by atoms with E-state index in [0.717, 1.165) is 23.7 Å². The Labute approximate surface area is 141 Å². The van der Waals surface area contributed by atoms with Gasteiger partial charge in [-0.2, -0.15) is 5.10 Å². The molecule has 0 bridgehead atoms. The summed E-state index contributed by atoms with van der Waals surface area (Å²) < 4.78 is 7.14. The lowest BCUT2D eigenvalue weighted by Crippen LogP contribution is -2.38. The van der Waals surface area contributed by atoms with Gasteiger partial charge < -0.3 is 9.64 Å². The number of ether oxygens (including phenoxy) is 1. The molecule has 1 amide bonds. The van der Waals surface area contributed by atoms with E-state index in [1.807, 2.05) is 22.9 Å². The first-order valence-corrected chi connectivity index (χ1v) is 8.00. The molecule has 3 rings (SSSR count). The average Bonchev–Trinajstić information content (AvgIpc) is 2.93. The van der Waals surface area contributed by atoms with E-state index >= 15 is 0 Å². The van der Waals surface area contributed by atoms with Gasteiger partial charge in [0.15, 0.2) is 0 Å². The second kappa shape index (κ2) is 7.00. The number of nitrogens with zero attached hydrogens (tertiary/aromatic N) is 5. The van der Waals surface area contributed by atoms with Crippen molar-refractivity contribution in [2.24, 2.45) is 5.92 Å². The van der Waals surface area contributed by atoms with Crippen LogP contribution >= 0.6 is 0 Å². The van der Waals surface area contributed by atoms with Crippen molar-refractivity contribution < 1.29 is 9.53 Å². The highest BCUT2D eigenvalue weighted by Crippen LogP contribution is 2.20. The standard InChI is InChI=1S/C17H23N5O2/c1-20(2)17(23)14-9-21(11-16-18-12-19-22(16)10-14)8-13-5-4-6-15(7-13)24-3/h4-7,12,14H,8-11H2,1-3H3. The number of hydrogen-bond acceptors (Lipinski definition) is 5. The fourth-order valence-corrected chi connectivity index (χ4v) is 3.08. The van der Waals surface area contributed by atoms with Gasteiger partial charge in [-0.05, 0) is 17.7 Å². The van der Waals surface area contributed by atoms with Crippen LogP contribution in [-0.2, 0) is 24.4 Å². The lowest BCUT2D eigenvalue weighted by atomic mass is 10.1. The van der Waals surface area contributed by atoms with Gasteiger partial charge >= 0.3 is 0 Å². The quantitative estimate of drug-likeness (QED) is 0.838. The molecule has 0 radical (unpaired) electrons. The fourth-order valence-electron chi connectivity index (χ4n) is 3.08. The minimum atomic E-state index is -0.131. The number of methoxy groups -OCH3 is 1. The molecular weight excluding hydrogens is 306 g/mol. The van der Waals surface area contributed by atoms with Crippen LogP contribution < -0.4 is 4.74 Å². The van der Waals surface area contributed by atoms with Crippen molar-refractivity contribution in [1.82, 2.24) is 24.6 Å². The summed E-state index contributed by atoms with van der Waals surface area (Å²) in [5.74, 6) is 1.72. The van der Waals surface area contributed by atoms with Crippen LogP contribution in [0.25, 0.3) is 0 Å². The molecule has 2 aromatic rings. The zero-order valence-corrected chi connectivity index (χ0v) is 14.3. The normalized spacial score (nSPS) is 17.9. The van der Waals surface area contributed by atoms with Crippen molar-refractivity contribution in [2.45, 2.75) is 19.6 Å². The third-order valence-electron chi connectivity index (χ3n) is 4.26. The molecule has 0 saturated heterocycles. The Morgan fingerprint density at radius 3 is 2.96 bits per heavy atom. The molecule has 1 atom stereocenters. The first kappa shape index (κ1) is 16.4. The molecule has 0 aliphatic carbocycles. The summed E-state index contributed by atoms with van der Waals surface area (Å²) in [5, 5.41) is 4.27. The Bertz CT molecular complexity index is 713. The zero-order valence-electron chi connectivity index (χ0n) is 14.3. The van der Waals surface area contributed by atoms with Gasteiger partial charge in [0.05, 0.1) is 26.1 Å². The maximum absolute atomic E-state index is 12.5. The Hall–Kier alpha value is -2.41. The lowest BCUT2D eigenvalue weighted by molar-refractivity contribution is -0.134. The maximum Gasteiger partial charge on any atom is 0.228 e. The smallest absolute Gasteiger partial charge is 0.228 e. The Kier molecular flexibility index (Phi) is 4.80. The highest BCUT2D eigenvalue weighted by Gasteiger charge is 2.29. The van der Waals surface area contributed by atoms with Crippen LogP contribution in [0.5, 0.6) is 5.75 Å². The summed E-state index contributed by atoms with van der Waals surface area (Å²) >= 11 is 0. The summed E-state index contributed by atoms with van der Waals surface area (Å²) in [6.45, 7) is 2.66. The molecule has 1 unspecified atom stereocenters. The van der Waals surface area contributed by atoms with Gasteiger partial charge in [0.25, 0.3) is 0 Å². The third kappa shape index (κ3) is 3.56. The number of carbonyl (C=O) groups is 1. The largest absolute Gasteiger partial charge is 0.497 e. The Morgan fingerprint density at radius 1 is 1.38 bits per heavy atom. The molecule has 1 aliphatic heterocycles. The SMILES string of the molecule is COc1cccc(CN2Cc3ncnn3CC(C(=O)N(C)C)C2)c1. The van der Waals surface area contributed by atoms with E-state index in [2.05, 4.69) is 21.0 Å². The van der Waals surface area contributed by atoms with Crippen LogP contribution in [0.2, 0.25) is 0 Å². The topological polar surface area (TPSA) is 63.5 Å². The van der Waals surface area contributed by atoms with Crippen molar-refractivity contribution in [3.63, 3.8) is 0 Å². The molecule has 7 heteroatoms. The second-order valence-electron chi connectivity index (χ2n) is 6.31. The van der Waals surface area contributed by atoms with E-state index in [0.29, 0.717) is 19.6 Å². The minimum absolute atomic E-state index is 0.119. The second-order valence-corrected chi connectivity index (χ2v) is 6.31. The molecule has 1 aromatic carbocycles. The van der Waals surface area contributed by atoms with Gasteiger partial charge in [0.2, 0.25) is 5.91 Å². The van der Waals surface area contributed by atoms with Crippen molar-refractivity contribution in [3.05, 3.63) is 42.0 Å². The predicted molar refractivity (Wildman–Crippen MR) is 89.3 cm³/mol. The van der Waals surface area contributed by atoms with Crippen LogP contribution in [0.4, 0.5) is 0 Å². The molecule has 1 aliphatic rings. The number of hydrogen-bond donors (Lipinski definition) is 0. The van der Waals surface area contributed by atoms with Crippen molar-refractivity contribution in [1.29, 1.82) is 0 Å². The summed E-state index contributed by atoms with van der Waals surface area (Å²) in [6.07, 6.45) is 1.56. The molecule has 7 nitrogen and oxygen atoms in total. The van der Waals surface area contributed by atoms with E-state index in [1.165, 1.54) is 0 Å². The number of rotatable bonds is 4. The number of benzene rings is 1.